The van der Waals surface area contributed by atoms with Crippen molar-refractivity contribution in [2.24, 2.45) is 0 Å². The predicted molar refractivity (Wildman–Crippen MR) is 182 cm³/mol. The van der Waals surface area contributed by atoms with Gasteiger partial charge in [-0.2, -0.15) is 6.08 Å². The molecule has 4 aromatic rings. The minimum absolute atomic E-state index is 0. The van der Waals surface area contributed by atoms with E-state index in [-0.39, 0.29) is 24.8 Å². The van der Waals surface area contributed by atoms with Crippen LogP contribution in [0.5, 0.6) is 0 Å². The number of hydrogen-bond donors (Lipinski definition) is 0. The Hall–Kier alpha value is -2.48. The van der Waals surface area contributed by atoms with Crippen molar-refractivity contribution in [2.75, 3.05) is 0 Å². The van der Waals surface area contributed by atoms with Crippen molar-refractivity contribution in [1.82, 2.24) is 0 Å². The molecule has 1 fully saturated rings. The van der Waals surface area contributed by atoms with Crippen LogP contribution in [0.4, 0.5) is 0 Å². The molecule has 4 aromatic carbocycles. The Kier molecular flexibility index (Phi) is 13.9. The molecule has 3 aliphatic carbocycles. The average molecular weight is 668 g/mol. The van der Waals surface area contributed by atoms with Crippen molar-refractivity contribution in [3.05, 3.63) is 129 Å². The van der Waals surface area contributed by atoms with Crippen LogP contribution in [0.25, 0.3) is 33.4 Å². The average Bonchev–Trinajstić information content (AvgIpc) is 3.64. The van der Waals surface area contributed by atoms with Gasteiger partial charge in [-0.15, -0.1) is 35.7 Å². The van der Waals surface area contributed by atoms with Gasteiger partial charge in [-0.25, -0.2) is 12.2 Å². The summed E-state index contributed by atoms with van der Waals surface area (Å²) < 4.78 is 1.71. The van der Waals surface area contributed by atoms with Crippen LogP contribution in [0.1, 0.15) is 83.0 Å². The van der Waals surface area contributed by atoms with Crippen LogP contribution in [-0.2, 0) is 26.4 Å². The van der Waals surface area contributed by atoms with Gasteiger partial charge in [0.1, 0.15) is 0 Å². The topological polar surface area (TPSA) is 0 Å². The van der Waals surface area contributed by atoms with E-state index in [1.165, 1.54) is 110 Å². The van der Waals surface area contributed by atoms with Gasteiger partial charge in [0, 0.05) is 0 Å². The third kappa shape index (κ3) is 9.08. The van der Waals surface area contributed by atoms with E-state index >= 15 is 0 Å². The van der Waals surface area contributed by atoms with Crippen molar-refractivity contribution in [3.63, 3.8) is 0 Å². The van der Waals surface area contributed by atoms with Gasteiger partial charge >= 0.3 is 55.9 Å². The quantitative estimate of drug-likeness (QED) is 0.179. The summed E-state index contributed by atoms with van der Waals surface area (Å²) in [6.07, 6.45) is 18.1. The first-order valence-electron chi connectivity index (χ1n) is 15.8. The van der Waals surface area contributed by atoms with Crippen molar-refractivity contribution in [2.45, 2.75) is 86.5 Å². The van der Waals surface area contributed by atoms with E-state index in [2.05, 4.69) is 134 Å². The molecule has 232 valence electrons. The summed E-state index contributed by atoms with van der Waals surface area (Å²) in [6, 6.07) is 24.5. The zero-order valence-electron chi connectivity index (χ0n) is 27.6. The standard InChI is InChI=1S/C31H29.C6H10.C5H5.2ClH.Ti/c1-18-11-20(3)30(21(4)12-18)24-7-9-28-26(15-24)17-27-16-25(8-10-29(27)28)31-22(5)13-19(2)14-23(31)6;1-2-4-6-5-3-1;1-2-4-5-3-1;;;/h7-15H,17H2,1-6H3;1-5H2;1-3H,4H2;2*1H;/q-1;;-1;;;+2/p-2. The number of fused-ring (bicyclic) bond motifs is 3. The van der Waals surface area contributed by atoms with Gasteiger partial charge in [-0.3, -0.25) is 6.08 Å². The molecule has 0 aromatic heterocycles. The Labute approximate surface area is 296 Å². The van der Waals surface area contributed by atoms with E-state index in [4.69, 9.17) is 0 Å². The molecule has 1 saturated carbocycles. The summed E-state index contributed by atoms with van der Waals surface area (Å²) in [5.41, 5.74) is 18.7. The number of benzene rings is 4. The third-order valence-electron chi connectivity index (χ3n) is 8.75. The Bertz CT molecular complexity index is 1550. The molecule has 0 saturated heterocycles. The van der Waals surface area contributed by atoms with Crippen LogP contribution < -0.4 is 24.8 Å². The van der Waals surface area contributed by atoms with E-state index in [0.29, 0.717) is 0 Å². The Morgan fingerprint density at radius 3 is 1.71 bits per heavy atom. The summed E-state index contributed by atoms with van der Waals surface area (Å²) in [6.45, 7) is 13.2. The predicted octanol–water partition coefficient (Wildman–Crippen LogP) is 5.23. The van der Waals surface area contributed by atoms with E-state index < -0.39 is 0 Å². The molecule has 0 heterocycles. The second-order valence-corrected chi connectivity index (χ2v) is 13.6. The van der Waals surface area contributed by atoms with Crippen LogP contribution in [0.15, 0.2) is 72.8 Å². The fraction of sp³-hybridized carbons (Fsp3) is 0.310. The van der Waals surface area contributed by atoms with Crippen molar-refractivity contribution in [1.29, 1.82) is 0 Å². The number of rotatable bonds is 2. The molecule has 0 nitrogen and oxygen atoms in total. The molecule has 0 amide bonds. The summed E-state index contributed by atoms with van der Waals surface area (Å²) in [7, 11) is 0. The van der Waals surface area contributed by atoms with Gasteiger partial charge in [-0.05, 0) is 75.8 Å². The number of hydrogen-bond acceptors (Lipinski definition) is 0. The zero-order chi connectivity index (χ0) is 30.5. The van der Waals surface area contributed by atoms with Gasteiger partial charge in [0.05, 0.1) is 0 Å². The van der Waals surface area contributed by atoms with Crippen molar-refractivity contribution >= 4 is 3.81 Å². The van der Waals surface area contributed by atoms with Gasteiger partial charge in [0.2, 0.25) is 0 Å². The first-order valence-corrected chi connectivity index (χ1v) is 16.6. The van der Waals surface area contributed by atoms with Gasteiger partial charge in [0.25, 0.3) is 0 Å². The van der Waals surface area contributed by atoms with Crippen molar-refractivity contribution in [3.8, 4) is 33.4 Å². The van der Waals surface area contributed by atoms with Crippen LogP contribution in [-0.4, -0.2) is 3.81 Å². The first kappa shape index (κ1) is 37.0. The Morgan fingerprint density at radius 2 is 1.22 bits per heavy atom. The summed E-state index contributed by atoms with van der Waals surface area (Å²) in [4.78, 5) is 0. The molecule has 7 rings (SSSR count). The third-order valence-corrected chi connectivity index (χ3v) is 9.53. The summed E-state index contributed by atoms with van der Waals surface area (Å²) in [5.74, 6) is 0. The van der Waals surface area contributed by atoms with Crippen LogP contribution in [0, 0.1) is 53.7 Å². The fourth-order valence-electron chi connectivity index (χ4n) is 6.98. The molecule has 0 atom stereocenters. The van der Waals surface area contributed by atoms with Gasteiger partial charge in [0.15, 0.2) is 0 Å². The molecular formula is C42H44Cl2Ti-2. The molecule has 0 aliphatic heterocycles. The van der Waals surface area contributed by atoms with Crippen molar-refractivity contribution < 1.29 is 44.8 Å². The molecule has 3 heteroatoms. The maximum absolute atomic E-state index is 3.78. The summed E-state index contributed by atoms with van der Waals surface area (Å²) >= 11 is 2.28. The maximum atomic E-state index is 3.78. The summed E-state index contributed by atoms with van der Waals surface area (Å²) in [5, 5.41) is 0. The first-order chi connectivity index (χ1) is 20.7. The molecule has 0 bridgehead atoms. The second-order valence-electron chi connectivity index (χ2n) is 12.5. The van der Waals surface area contributed by atoms with Crippen LogP contribution in [0.2, 0.25) is 0 Å². The van der Waals surface area contributed by atoms with Gasteiger partial charge in [-0.1, -0.05) is 81.4 Å². The molecular weight excluding hydrogens is 623 g/mol. The molecule has 0 N–H and O–H groups in total. The van der Waals surface area contributed by atoms with E-state index in [0.717, 1.165) is 12.8 Å². The molecule has 0 spiro atoms. The normalized spacial score (nSPS) is 13.8. The second kappa shape index (κ2) is 16.9. The van der Waals surface area contributed by atoms with E-state index in [9.17, 15) is 0 Å². The monoisotopic (exact) mass is 666 g/mol. The minimum atomic E-state index is 0. The fourth-order valence-corrected chi connectivity index (χ4v) is 7.54. The zero-order valence-corrected chi connectivity index (χ0v) is 30.7. The van der Waals surface area contributed by atoms with E-state index in [1.54, 1.807) is 3.81 Å². The molecule has 3 aliphatic rings. The number of allylic oxidation sites excluding steroid dienone is 4. The van der Waals surface area contributed by atoms with Crippen LogP contribution >= 0.6 is 0 Å². The molecule has 0 unspecified atom stereocenters. The van der Waals surface area contributed by atoms with Crippen LogP contribution in [0.3, 0.4) is 0 Å². The SMILES string of the molecule is Cc1cc(C)c(-c2[c-]c3c(cc2)-c2ccc(-c4c(C)cc(C)cc4C)cc2C3)c(C)c1.[C-]1=CC=CC1.[Cl-].[Cl-].[Ti+2]=[C]1CCCCC1. The number of aryl methyl sites for hydroxylation is 6. The Balaban J connectivity index is 0.000000330. The number of halogens is 2. The van der Waals surface area contributed by atoms with Gasteiger partial charge < -0.3 is 24.8 Å². The van der Waals surface area contributed by atoms with E-state index in [1.807, 2.05) is 12.2 Å². The Morgan fingerprint density at radius 1 is 0.644 bits per heavy atom. The molecule has 45 heavy (non-hydrogen) atoms. The molecule has 0 radical (unpaired) electrons.